The van der Waals surface area contributed by atoms with Gasteiger partial charge in [0.2, 0.25) is 0 Å². The Morgan fingerprint density at radius 1 is 1.07 bits per heavy atom. The molecule has 0 saturated carbocycles. The van der Waals surface area contributed by atoms with Crippen LogP contribution >= 0.6 is 0 Å². The van der Waals surface area contributed by atoms with Crippen LogP contribution in [0.2, 0.25) is 18.1 Å². The molecule has 8 nitrogen and oxygen atoms in total. The summed E-state index contributed by atoms with van der Waals surface area (Å²) in [6.45, 7) is 23.3. The minimum Gasteiger partial charge on any atom is -0.465 e. The normalized spacial score (nSPS) is 15.2. The average molecular weight is 624 g/mol. The van der Waals surface area contributed by atoms with Crippen LogP contribution in [-0.4, -0.2) is 68.5 Å². The number of rotatable bonds is 9. The van der Waals surface area contributed by atoms with Crippen molar-refractivity contribution in [2.45, 2.75) is 104 Å². The Kier molecular flexibility index (Phi) is 10.2. The van der Waals surface area contributed by atoms with Crippen molar-refractivity contribution in [1.82, 2.24) is 14.9 Å². The van der Waals surface area contributed by atoms with Crippen molar-refractivity contribution in [3.8, 4) is 17.0 Å². The first-order valence-electron chi connectivity index (χ1n) is 15.9. The van der Waals surface area contributed by atoms with Gasteiger partial charge in [0, 0.05) is 49.0 Å². The number of ether oxygens (including phenoxy) is 3. The van der Waals surface area contributed by atoms with Crippen LogP contribution in [0.3, 0.4) is 0 Å². The molecule has 242 valence electrons. The van der Waals surface area contributed by atoms with Crippen molar-refractivity contribution in [1.29, 1.82) is 0 Å². The summed E-state index contributed by atoms with van der Waals surface area (Å²) in [7, 11) is -0.294. The van der Waals surface area contributed by atoms with Gasteiger partial charge < -0.3 is 28.5 Å². The van der Waals surface area contributed by atoms with E-state index in [1.54, 1.807) is 7.11 Å². The lowest BCUT2D eigenvalue weighted by Crippen LogP contribution is -2.41. The number of hydrogen-bond donors (Lipinski definition) is 1. The van der Waals surface area contributed by atoms with E-state index >= 15 is 0 Å². The Balaban J connectivity index is 1.70. The molecule has 3 heterocycles. The number of likely N-dealkylation sites (tertiary alicyclic amines) is 1. The van der Waals surface area contributed by atoms with Crippen LogP contribution in [0.4, 0.5) is 4.79 Å². The summed E-state index contributed by atoms with van der Waals surface area (Å²) in [4.78, 5) is 22.9. The molecule has 44 heavy (non-hydrogen) atoms. The van der Waals surface area contributed by atoms with Gasteiger partial charge in [-0.2, -0.15) is 0 Å². The third-order valence-corrected chi connectivity index (χ3v) is 13.6. The largest absolute Gasteiger partial charge is 0.465 e. The average Bonchev–Trinajstić information content (AvgIpc) is 3.28. The van der Waals surface area contributed by atoms with Crippen molar-refractivity contribution in [3.63, 3.8) is 0 Å². The minimum atomic E-state index is -1.92. The van der Waals surface area contributed by atoms with Gasteiger partial charge in [-0.05, 0) is 107 Å². The number of methoxy groups -OCH3 is 1. The van der Waals surface area contributed by atoms with E-state index in [-0.39, 0.29) is 17.9 Å². The van der Waals surface area contributed by atoms with Crippen LogP contribution in [0.5, 0.6) is 5.75 Å². The van der Waals surface area contributed by atoms with Crippen LogP contribution < -0.4 is 4.74 Å². The van der Waals surface area contributed by atoms with Gasteiger partial charge in [0.05, 0.1) is 11.4 Å². The molecule has 9 heteroatoms. The second kappa shape index (κ2) is 13.2. The molecular weight excluding hydrogens is 570 g/mol. The number of amides is 1. The second-order valence-corrected chi connectivity index (χ2v) is 19.5. The summed E-state index contributed by atoms with van der Waals surface area (Å²) < 4.78 is 23.7. The monoisotopic (exact) mass is 623 g/mol. The highest BCUT2D eigenvalue weighted by atomic mass is 28.4. The molecule has 1 fully saturated rings. The van der Waals surface area contributed by atoms with Crippen molar-refractivity contribution in [2.24, 2.45) is 0 Å². The maximum atomic E-state index is 12.7. The predicted octanol–water partition coefficient (Wildman–Crippen LogP) is 8.51. The summed E-state index contributed by atoms with van der Waals surface area (Å²) >= 11 is 0. The SMILES string of the molecule is COCOc1c(-c2[nH]c3ccc(C4CCN(C(=O)OC(C)(C)C)CC4)cc3c2CCO[Si](C)(C)C(C)(C)C)cc(C)nc1C. The summed E-state index contributed by atoms with van der Waals surface area (Å²) in [5, 5.41) is 1.34. The number of pyridine rings is 1. The van der Waals surface area contributed by atoms with Gasteiger partial charge in [-0.25, -0.2) is 4.79 Å². The van der Waals surface area contributed by atoms with E-state index in [1.807, 2.05) is 39.5 Å². The third-order valence-electron chi connectivity index (χ3n) is 9.03. The minimum absolute atomic E-state index is 0.137. The maximum Gasteiger partial charge on any atom is 0.410 e. The lowest BCUT2D eigenvalue weighted by molar-refractivity contribution is 0.0205. The van der Waals surface area contributed by atoms with Gasteiger partial charge in [0.25, 0.3) is 0 Å². The summed E-state index contributed by atoms with van der Waals surface area (Å²) in [5.41, 5.74) is 6.90. The quantitative estimate of drug-likeness (QED) is 0.190. The summed E-state index contributed by atoms with van der Waals surface area (Å²) in [6, 6.07) is 8.87. The Morgan fingerprint density at radius 2 is 1.75 bits per heavy atom. The van der Waals surface area contributed by atoms with E-state index in [9.17, 15) is 4.79 Å². The number of carbonyl (C=O) groups is 1. The van der Waals surface area contributed by atoms with Crippen molar-refractivity contribution >= 4 is 25.3 Å². The Hall–Kier alpha value is -2.88. The molecular formula is C35H53N3O5Si. The molecule has 1 aliphatic rings. The third kappa shape index (κ3) is 7.84. The molecule has 0 radical (unpaired) electrons. The van der Waals surface area contributed by atoms with Gasteiger partial charge in [-0.1, -0.05) is 26.8 Å². The van der Waals surface area contributed by atoms with Crippen molar-refractivity contribution in [2.75, 3.05) is 33.6 Å². The molecule has 3 aromatic rings. The zero-order chi connectivity index (χ0) is 32.4. The van der Waals surface area contributed by atoms with E-state index in [0.717, 1.165) is 53.2 Å². The van der Waals surface area contributed by atoms with Crippen molar-refractivity contribution < 1.29 is 23.4 Å². The van der Waals surface area contributed by atoms with Crippen LogP contribution in [0.1, 0.15) is 82.8 Å². The van der Waals surface area contributed by atoms with Gasteiger partial charge in [0.1, 0.15) is 5.60 Å². The number of fused-ring (bicyclic) bond motifs is 1. The molecule has 0 atom stereocenters. The van der Waals surface area contributed by atoms with Crippen LogP contribution in [0.25, 0.3) is 22.2 Å². The number of piperidine rings is 1. The van der Waals surface area contributed by atoms with E-state index in [4.69, 9.17) is 18.6 Å². The highest BCUT2D eigenvalue weighted by molar-refractivity contribution is 6.74. The number of nitrogens with zero attached hydrogens (tertiary/aromatic N) is 2. The van der Waals surface area contributed by atoms with Crippen LogP contribution in [-0.2, 0) is 20.3 Å². The maximum absolute atomic E-state index is 12.7. The number of aryl methyl sites for hydroxylation is 2. The number of aromatic amines is 1. The first kappa shape index (κ1) is 34.0. The Bertz CT molecular complexity index is 1460. The molecule has 2 aromatic heterocycles. The molecule has 4 rings (SSSR count). The number of carbonyl (C=O) groups excluding carboxylic acids is 1. The predicted molar refractivity (Wildman–Crippen MR) is 180 cm³/mol. The number of benzene rings is 1. The fourth-order valence-electron chi connectivity index (χ4n) is 5.66. The molecule has 1 saturated heterocycles. The second-order valence-electron chi connectivity index (χ2n) is 14.7. The topological polar surface area (TPSA) is 85.9 Å². The molecule has 0 bridgehead atoms. The fraction of sp³-hybridized carbons (Fsp3) is 0.600. The lowest BCUT2D eigenvalue weighted by atomic mass is 9.88. The molecule has 0 spiro atoms. The van der Waals surface area contributed by atoms with Crippen LogP contribution in [0, 0.1) is 13.8 Å². The molecule has 0 unspecified atom stereocenters. The summed E-state index contributed by atoms with van der Waals surface area (Å²) in [6.07, 6.45) is 2.36. The molecule has 1 N–H and O–H groups in total. The Labute approximate surface area is 265 Å². The highest BCUT2D eigenvalue weighted by Crippen LogP contribution is 2.41. The van der Waals surface area contributed by atoms with Gasteiger partial charge in [-0.3, -0.25) is 4.98 Å². The van der Waals surface area contributed by atoms with Gasteiger partial charge in [0.15, 0.2) is 20.9 Å². The Morgan fingerprint density at radius 3 is 2.36 bits per heavy atom. The van der Waals surface area contributed by atoms with Crippen molar-refractivity contribution in [3.05, 3.63) is 46.8 Å². The lowest BCUT2D eigenvalue weighted by Gasteiger charge is -2.36. The smallest absolute Gasteiger partial charge is 0.410 e. The van der Waals surface area contributed by atoms with E-state index < -0.39 is 13.9 Å². The van der Waals surface area contributed by atoms with Gasteiger partial charge >= 0.3 is 6.09 Å². The van der Waals surface area contributed by atoms with Crippen LogP contribution in [0.15, 0.2) is 24.3 Å². The zero-order valence-corrected chi connectivity index (χ0v) is 29.8. The summed E-state index contributed by atoms with van der Waals surface area (Å²) in [5.74, 6) is 1.10. The molecule has 1 aliphatic heterocycles. The number of nitrogens with one attached hydrogen (secondary N) is 1. The van der Waals surface area contributed by atoms with Gasteiger partial charge in [-0.15, -0.1) is 0 Å². The fourth-order valence-corrected chi connectivity index (χ4v) is 6.70. The number of aromatic nitrogens is 2. The number of hydrogen-bond acceptors (Lipinski definition) is 6. The molecule has 1 aromatic carbocycles. The molecule has 0 aliphatic carbocycles. The van der Waals surface area contributed by atoms with E-state index in [1.165, 1.54) is 16.5 Å². The first-order chi connectivity index (χ1) is 20.5. The van der Waals surface area contributed by atoms with E-state index in [0.29, 0.717) is 25.6 Å². The highest BCUT2D eigenvalue weighted by Gasteiger charge is 2.37. The number of H-pyrrole nitrogens is 1. The molecule has 1 amide bonds. The first-order valence-corrected chi connectivity index (χ1v) is 18.8. The standard InChI is InChI=1S/C35H53N3O5Si/c1-23-20-29(32(24(2)36-23)41-22-40-9)31-27(16-19-42-44(10,11)35(6,7)8)28-21-26(12-13-30(28)37-31)25-14-17-38(18-15-25)33(39)43-34(3,4)5/h12-13,20-21,25,37H,14-19,22H2,1-11H3. The van der Waals surface area contributed by atoms with E-state index in [2.05, 4.69) is 68.1 Å². The zero-order valence-electron chi connectivity index (χ0n) is 28.8.